The standard InChI is InChI=1S/C29H45ClN2O/c1-3-5-7-8-9-10-11-12-13-20-29(33)32(21-14-6-4-2)25-28-19-16-22-31(28)24-26-17-15-18-27(30)23-26/h15-19,22-23H,3-14,20-21,24-25H2,1-2H3. The summed E-state index contributed by atoms with van der Waals surface area (Å²) < 4.78 is 2.24. The van der Waals surface area contributed by atoms with Gasteiger partial charge in [-0.15, -0.1) is 0 Å². The van der Waals surface area contributed by atoms with Crippen LogP contribution in [0.5, 0.6) is 0 Å². The maximum absolute atomic E-state index is 13.1. The third-order valence-corrected chi connectivity index (χ3v) is 6.63. The Balaban J connectivity index is 1.83. The van der Waals surface area contributed by atoms with E-state index >= 15 is 0 Å². The fourth-order valence-corrected chi connectivity index (χ4v) is 4.58. The molecule has 1 aromatic heterocycles. The van der Waals surface area contributed by atoms with Crippen LogP contribution in [0.3, 0.4) is 0 Å². The van der Waals surface area contributed by atoms with E-state index < -0.39 is 0 Å². The van der Waals surface area contributed by atoms with Crippen molar-refractivity contribution in [3.8, 4) is 0 Å². The van der Waals surface area contributed by atoms with E-state index in [4.69, 9.17) is 11.6 Å². The first kappa shape index (κ1) is 27.5. The number of halogens is 1. The monoisotopic (exact) mass is 472 g/mol. The molecule has 184 valence electrons. The zero-order valence-corrected chi connectivity index (χ0v) is 21.8. The first-order valence-corrected chi connectivity index (χ1v) is 13.7. The number of rotatable bonds is 18. The molecule has 0 spiro atoms. The van der Waals surface area contributed by atoms with Gasteiger partial charge in [0, 0.05) is 36.4 Å². The molecule has 0 radical (unpaired) electrons. The molecule has 3 nitrogen and oxygen atoms in total. The number of hydrogen-bond donors (Lipinski definition) is 0. The maximum atomic E-state index is 13.1. The van der Waals surface area contributed by atoms with Gasteiger partial charge in [-0.25, -0.2) is 0 Å². The highest BCUT2D eigenvalue weighted by molar-refractivity contribution is 6.30. The number of hydrogen-bond acceptors (Lipinski definition) is 1. The van der Waals surface area contributed by atoms with Crippen LogP contribution in [-0.4, -0.2) is 21.9 Å². The van der Waals surface area contributed by atoms with Crippen LogP contribution in [0.4, 0.5) is 0 Å². The minimum Gasteiger partial charge on any atom is -0.345 e. The summed E-state index contributed by atoms with van der Waals surface area (Å²) in [6, 6.07) is 12.2. The van der Waals surface area contributed by atoms with Crippen molar-refractivity contribution in [2.45, 2.75) is 110 Å². The Morgan fingerprint density at radius 3 is 2.21 bits per heavy atom. The number of carbonyl (C=O) groups excluding carboxylic acids is 1. The Kier molecular flexibility index (Phi) is 14.0. The summed E-state index contributed by atoms with van der Waals surface area (Å²) in [5, 5.41) is 0.763. The minimum atomic E-state index is 0.310. The predicted octanol–water partition coefficient (Wildman–Crippen LogP) is 8.63. The summed E-state index contributed by atoms with van der Waals surface area (Å²) in [5.41, 5.74) is 2.37. The van der Waals surface area contributed by atoms with Crippen LogP contribution in [0, 0.1) is 0 Å². The normalized spacial score (nSPS) is 11.1. The van der Waals surface area contributed by atoms with Gasteiger partial charge < -0.3 is 9.47 Å². The molecule has 2 aromatic rings. The van der Waals surface area contributed by atoms with Crippen LogP contribution in [0.25, 0.3) is 0 Å². The molecule has 0 saturated carbocycles. The molecule has 0 fully saturated rings. The predicted molar refractivity (Wildman–Crippen MR) is 142 cm³/mol. The second-order valence-electron chi connectivity index (χ2n) is 9.36. The largest absolute Gasteiger partial charge is 0.345 e. The number of nitrogens with zero attached hydrogens (tertiary/aromatic N) is 2. The van der Waals surface area contributed by atoms with Crippen molar-refractivity contribution in [2.24, 2.45) is 0 Å². The van der Waals surface area contributed by atoms with Crippen molar-refractivity contribution in [3.63, 3.8) is 0 Å². The molecule has 0 N–H and O–H groups in total. The second-order valence-corrected chi connectivity index (χ2v) is 9.79. The molecule has 1 amide bonds. The van der Waals surface area contributed by atoms with E-state index in [2.05, 4.69) is 47.7 Å². The molecule has 33 heavy (non-hydrogen) atoms. The lowest BCUT2D eigenvalue weighted by Gasteiger charge is -2.24. The van der Waals surface area contributed by atoms with Gasteiger partial charge in [-0.1, -0.05) is 102 Å². The summed E-state index contributed by atoms with van der Waals surface area (Å²) in [4.78, 5) is 15.2. The number of amides is 1. The van der Waals surface area contributed by atoms with Crippen LogP contribution in [0.1, 0.15) is 109 Å². The van der Waals surface area contributed by atoms with Crippen LogP contribution in [0.15, 0.2) is 42.6 Å². The highest BCUT2D eigenvalue weighted by atomic mass is 35.5. The SMILES string of the molecule is CCCCCCCCCCCC(=O)N(CCCCC)Cc1cccn1Cc1cccc(Cl)c1. The van der Waals surface area contributed by atoms with Crippen molar-refractivity contribution < 1.29 is 4.79 Å². The molecule has 4 heteroatoms. The molecule has 1 heterocycles. The van der Waals surface area contributed by atoms with Gasteiger partial charge in [0.25, 0.3) is 0 Å². The van der Waals surface area contributed by atoms with E-state index in [9.17, 15) is 4.79 Å². The van der Waals surface area contributed by atoms with Gasteiger partial charge in [0.2, 0.25) is 5.91 Å². The fraction of sp³-hybridized carbons (Fsp3) is 0.621. The summed E-state index contributed by atoms with van der Waals surface area (Å²) in [6.45, 7) is 6.79. The number of unbranched alkanes of at least 4 members (excludes halogenated alkanes) is 10. The minimum absolute atomic E-state index is 0.310. The summed E-state index contributed by atoms with van der Waals surface area (Å²) >= 11 is 6.17. The van der Waals surface area contributed by atoms with E-state index in [0.29, 0.717) is 18.9 Å². The zero-order chi connectivity index (χ0) is 23.7. The van der Waals surface area contributed by atoms with Crippen LogP contribution < -0.4 is 0 Å². The summed E-state index contributed by atoms with van der Waals surface area (Å²) in [7, 11) is 0. The Bertz CT molecular complexity index is 785. The van der Waals surface area contributed by atoms with E-state index in [-0.39, 0.29) is 0 Å². The molecular formula is C29H45ClN2O. The Hall–Kier alpha value is -1.74. The van der Waals surface area contributed by atoms with E-state index in [0.717, 1.165) is 31.0 Å². The molecule has 0 bridgehead atoms. The van der Waals surface area contributed by atoms with E-state index in [1.807, 2.05) is 18.2 Å². The molecule has 1 aromatic carbocycles. The van der Waals surface area contributed by atoms with Crippen LogP contribution >= 0.6 is 11.6 Å². The third-order valence-electron chi connectivity index (χ3n) is 6.40. The summed E-state index contributed by atoms with van der Waals surface area (Å²) in [6.07, 6.45) is 17.7. The molecule has 0 unspecified atom stereocenters. The van der Waals surface area contributed by atoms with Crippen molar-refractivity contribution >= 4 is 17.5 Å². The van der Waals surface area contributed by atoms with E-state index in [1.54, 1.807) is 0 Å². The zero-order valence-electron chi connectivity index (χ0n) is 21.0. The highest BCUT2D eigenvalue weighted by Gasteiger charge is 2.15. The van der Waals surface area contributed by atoms with Crippen molar-refractivity contribution in [1.29, 1.82) is 0 Å². The first-order valence-electron chi connectivity index (χ1n) is 13.3. The Morgan fingerprint density at radius 1 is 0.848 bits per heavy atom. The smallest absolute Gasteiger partial charge is 0.222 e. The molecule has 0 aliphatic rings. The number of aromatic nitrogens is 1. The van der Waals surface area contributed by atoms with Crippen molar-refractivity contribution in [3.05, 3.63) is 58.9 Å². The van der Waals surface area contributed by atoms with Crippen LogP contribution in [0.2, 0.25) is 5.02 Å². The lowest BCUT2D eigenvalue weighted by molar-refractivity contribution is -0.132. The average Bonchev–Trinajstić information content (AvgIpc) is 3.23. The lowest BCUT2D eigenvalue weighted by Crippen LogP contribution is -2.32. The Labute approximate surface area is 207 Å². The molecule has 0 saturated heterocycles. The average molecular weight is 473 g/mol. The number of carbonyl (C=O) groups is 1. The van der Waals surface area contributed by atoms with Gasteiger partial charge in [-0.3, -0.25) is 4.79 Å². The van der Waals surface area contributed by atoms with Gasteiger partial charge in [0.05, 0.1) is 6.54 Å². The molecule has 0 aliphatic carbocycles. The third kappa shape index (κ3) is 11.3. The van der Waals surface area contributed by atoms with Gasteiger partial charge in [0.15, 0.2) is 0 Å². The van der Waals surface area contributed by atoms with Crippen molar-refractivity contribution in [1.82, 2.24) is 9.47 Å². The van der Waals surface area contributed by atoms with E-state index in [1.165, 1.54) is 75.5 Å². The number of benzene rings is 1. The van der Waals surface area contributed by atoms with Gasteiger partial charge in [-0.2, -0.15) is 0 Å². The van der Waals surface area contributed by atoms with Gasteiger partial charge >= 0.3 is 0 Å². The van der Waals surface area contributed by atoms with Gasteiger partial charge in [0.1, 0.15) is 0 Å². The maximum Gasteiger partial charge on any atom is 0.222 e. The van der Waals surface area contributed by atoms with Crippen LogP contribution in [-0.2, 0) is 17.9 Å². The highest BCUT2D eigenvalue weighted by Crippen LogP contribution is 2.17. The molecule has 2 rings (SSSR count). The Morgan fingerprint density at radius 2 is 1.52 bits per heavy atom. The first-order chi connectivity index (χ1) is 16.1. The molecular weight excluding hydrogens is 428 g/mol. The second kappa shape index (κ2) is 16.8. The fourth-order valence-electron chi connectivity index (χ4n) is 4.36. The topological polar surface area (TPSA) is 25.2 Å². The van der Waals surface area contributed by atoms with Crippen molar-refractivity contribution in [2.75, 3.05) is 6.54 Å². The van der Waals surface area contributed by atoms with Gasteiger partial charge in [-0.05, 0) is 42.7 Å². The quantitative estimate of drug-likeness (QED) is 0.199. The molecule has 0 aliphatic heterocycles. The lowest BCUT2D eigenvalue weighted by atomic mass is 10.1. The summed E-state index contributed by atoms with van der Waals surface area (Å²) in [5.74, 6) is 0.310. The molecule has 0 atom stereocenters.